The van der Waals surface area contributed by atoms with Gasteiger partial charge < -0.3 is 14.8 Å². The minimum atomic E-state index is -0.323. The molecule has 0 heterocycles. The summed E-state index contributed by atoms with van der Waals surface area (Å²) in [6, 6.07) is 19.7. The van der Waals surface area contributed by atoms with Crippen molar-refractivity contribution in [3.63, 3.8) is 0 Å². The van der Waals surface area contributed by atoms with Gasteiger partial charge in [-0.1, -0.05) is 59.6 Å². The molecule has 0 aromatic heterocycles. The molecule has 1 amide bonds. The Hall–Kier alpha value is -3.02. The number of carbonyl (C=O) groups excluding carboxylic acids is 2. The first-order valence-corrected chi connectivity index (χ1v) is 10.3. The molecule has 3 aromatic carbocycles. The summed E-state index contributed by atoms with van der Waals surface area (Å²) in [4.78, 5) is 24.1. The van der Waals surface area contributed by atoms with Gasteiger partial charge in [0.15, 0.2) is 0 Å². The van der Waals surface area contributed by atoms with E-state index in [1.807, 2.05) is 42.5 Å². The lowest BCUT2D eigenvalue weighted by molar-refractivity contribution is -0.139. The number of hydrogen-bond donors (Lipinski definition) is 1. The third-order valence-electron chi connectivity index (χ3n) is 4.50. The van der Waals surface area contributed by atoms with E-state index < -0.39 is 0 Å². The van der Waals surface area contributed by atoms with E-state index in [1.165, 1.54) is 7.11 Å². The second-order valence-corrected chi connectivity index (χ2v) is 7.66. The average molecular weight is 458 g/mol. The number of ether oxygens (including phenoxy) is 2. The summed E-state index contributed by atoms with van der Waals surface area (Å²) in [6.07, 6.45) is 0.177. The second-order valence-electron chi connectivity index (χ2n) is 6.82. The quantitative estimate of drug-likeness (QED) is 0.471. The topological polar surface area (TPSA) is 64.6 Å². The van der Waals surface area contributed by atoms with Crippen LogP contribution < -0.4 is 10.1 Å². The Balaban J connectivity index is 1.63. The molecule has 0 fully saturated rings. The molecule has 0 radical (unpaired) electrons. The van der Waals surface area contributed by atoms with E-state index >= 15 is 0 Å². The number of hydrogen-bond acceptors (Lipinski definition) is 4. The Morgan fingerprint density at radius 1 is 0.903 bits per heavy atom. The highest BCUT2D eigenvalue weighted by Crippen LogP contribution is 2.23. The minimum Gasteiger partial charge on any atom is -0.489 e. The van der Waals surface area contributed by atoms with Gasteiger partial charge in [-0.15, -0.1) is 0 Å². The average Bonchev–Trinajstić information content (AvgIpc) is 2.77. The van der Waals surface area contributed by atoms with Gasteiger partial charge in [-0.05, 0) is 47.0 Å². The Morgan fingerprint density at radius 3 is 2.42 bits per heavy atom. The Kier molecular flexibility index (Phi) is 7.93. The van der Waals surface area contributed by atoms with Crippen molar-refractivity contribution in [1.29, 1.82) is 0 Å². The standard InChI is InChI=1S/C24H21Cl2NO4/c1-30-23(28)12-16-4-2-5-17(10-16)14-27-24(29)21-13-20(8-9-22(21)26)31-15-18-6-3-7-19(25)11-18/h2-11,13H,12,14-15H2,1H3,(H,27,29). The molecular weight excluding hydrogens is 437 g/mol. The van der Waals surface area contributed by atoms with E-state index in [2.05, 4.69) is 10.1 Å². The number of nitrogens with one attached hydrogen (secondary N) is 1. The molecule has 0 unspecified atom stereocenters. The largest absolute Gasteiger partial charge is 0.489 e. The maximum atomic E-state index is 12.7. The predicted molar refractivity (Wildman–Crippen MR) is 121 cm³/mol. The van der Waals surface area contributed by atoms with E-state index in [4.69, 9.17) is 27.9 Å². The molecule has 0 spiro atoms. The summed E-state index contributed by atoms with van der Waals surface area (Å²) in [5.41, 5.74) is 2.91. The summed E-state index contributed by atoms with van der Waals surface area (Å²) in [5, 5.41) is 3.80. The summed E-state index contributed by atoms with van der Waals surface area (Å²) in [5.74, 6) is -0.117. The molecule has 1 N–H and O–H groups in total. The van der Waals surface area contributed by atoms with Crippen LogP contribution in [0.25, 0.3) is 0 Å². The van der Waals surface area contributed by atoms with Gasteiger partial charge in [-0.2, -0.15) is 0 Å². The van der Waals surface area contributed by atoms with Crippen LogP contribution >= 0.6 is 23.2 Å². The molecule has 0 bridgehead atoms. The maximum absolute atomic E-state index is 12.7. The smallest absolute Gasteiger partial charge is 0.309 e. The first kappa shape index (κ1) is 22.7. The molecule has 7 heteroatoms. The van der Waals surface area contributed by atoms with Crippen LogP contribution in [-0.4, -0.2) is 19.0 Å². The second kappa shape index (κ2) is 10.8. The van der Waals surface area contributed by atoms with Crippen molar-refractivity contribution >= 4 is 35.1 Å². The summed E-state index contributed by atoms with van der Waals surface area (Å²) >= 11 is 12.2. The molecule has 5 nitrogen and oxygen atoms in total. The molecule has 0 saturated carbocycles. The molecule has 0 saturated heterocycles. The van der Waals surface area contributed by atoms with Crippen LogP contribution in [0.1, 0.15) is 27.0 Å². The number of carbonyl (C=O) groups is 2. The van der Waals surface area contributed by atoms with Crippen LogP contribution in [0.4, 0.5) is 0 Å². The molecule has 31 heavy (non-hydrogen) atoms. The fourth-order valence-corrected chi connectivity index (χ4v) is 3.34. The van der Waals surface area contributed by atoms with E-state index in [-0.39, 0.29) is 24.8 Å². The number of esters is 1. The van der Waals surface area contributed by atoms with Gasteiger partial charge in [-0.25, -0.2) is 0 Å². The van der Waals surface area contributed by atoms with E-state index in [0.717, 1.165) is 16.7 Å². The first-order chi connectivity index (χ1) is 14.9. The zero-order chi connectivity index (χ0) is 22.2. The zero-order valence-corrected chi connectivity index (χ0v) is 18.4. The van der Waals surface area contributed by atoms with Crippen LogP contribution in [0, 0.1) is 0 Å². The van der Waals surface area contributed by atoms with Crippen LogP contribution in [0.2, 0.25) is 10.0 Å². The van der Waals surface area contributed by atoms with E-state index in [1.54, 1.807) is 24.3 Å². The summed E-state index contributed by atoms with van der Waals surface area (Å²) in [6.45, 7) is 0.605. The van der Waals surface area contributed by atoms with Crippen LogP contribution in [-0.2, 0) is 29.1 Å². The lowest BCUT2D eigenvalue weighted by Crippen LogP contribution is -2.23. The lowest BCUT2D eigenvalue weighted by atomic mass is 10.1. The number of benzene rings is 3. The van der Waals surface area contributed by atoms with Gasteiger partial charge in [0, 0.05) is 11.6 Å². The Morgan fingerprint density at radius 2 is 1.65 bits per heavy atom. The van der Waals surface area contributed by atoms with Crippen molar-refractivity contribution in [3.05, 3.63) is 99.0 Å². The van der Waals surface area contributed by atoms with Crippen molar-refractivity contribution in [2.24, 2.45) is 0 Å². The summed E-state index contributed by atoms with van der Waals surface area (Å²) in [7, 11) is 1.35. The molecule has 160 valence electrons. The third kappa shape index (κ3) is 6.74. The molecule has 0 atom stereocenters. The van der Waals surface area contributed by atoms with Gasteiger partial charge in [0.2, 0.25) is 0 Å². The molecule has 0 aliphatic heterocycles. The normalized spacial score (nSPS) is 10.4. The molecule has 3 aromatic rings. The van der Waals surface area contributed by atoms with Crippen molar-refractivity contribution in [2.75, 3.05) is 7.11 Å². The minimum absolute atomic E-state index is 0.177. The number of rotatable bonds is 8. The van der Waals surface area contributed by atoms with Gasteiger partial charge in [0.25, 0.3) is 5.91 Å². The molecule has 0 aliphatic carbocycles. The van der Waals surface area contributed by atoms with Gasteiger partial charge in [0.05, 0.1) is 24.1 Å². The molecular formula is C24H21Cl2NO4. The highest BCUT2D eigenvalue weighted by Gasteiger charge is 2.12. The predicted octanol–water partition coefficient (Wildman–Crippen LogP) is 5.22. The highest BCUT2D eigenvalue weighted by atomic mass is 35.5. The Bertz CT molecular complexity index is 1080. The van der Waals surface area contributed by atoms with Crippen molar-refractivity contribution < 1.29 is 19.1 Å². The van der Waals surface area contributed by atoms with Gasteiger partial charge in [0.1, 0.15) is 12.4 Å². The number of amides is 1. The van der Waals surface area contributed by atoms with Crippen molar-refractivity contribution in [3.8, 4) is 5.75 Å². The maximum Gasteiger partial charge on any atom is 0.309 e. The van der Waals surface area contributed by atoms with E-state index in [0.29, 0.717) is 28.0 Å². The summed E-state index contributed by atoms with van der Waals surface area (Å²) < 4.78 is 10.5. The van der Waals surface area contributed by atoms with Gasteiger partial charge in [-0.3, -0.25) is 9.59 Å². The number of methoxy groups -OCH3 is 1. The van der Waals surface area contributed by atoms with E-state index in [9.17, 15) is 9.59 Å². The van der Waals surface area contributed by atoms with Crippen molar-refractivity contribution in [1.82, 2.24) is 5.32 Å². The van der Waals surface area contributed by atoms with Gasteiger partial charge >= 0.3 is 5.97 Å². The monoisotopic (exact) mass is 457 g/mol. The van der Waals surface area contributed by atoms with Crippen molar-refractivity contribution in [2.45, 2.75) is 19.6 Å². The molecule has 0 aliphatic rings. The molecule has 3 rings (SSSR count). The van der Waals surface area contributed by atoms with Crippen LogP contribution in [0.3, 0.4) is 0 Å². The highest BCUT2D eigenvalue weighted by molar-refractivity contribution is 6.33. The fraction of sp³-hybridized carbons (Fsp3) is 0.167. The number of halogens is 2. The zero-order valence-electron chi connectivity index (χ0n) is 16.9. The van der Waals surface area contributed by atoms with Crippen LogP contribution in [0.5, 0.6) is 5.75 Å². The lowest BCUT2D eigenvalue weighted by Gasteiger charge is -2.11. The SMILES string of the molecule is COC(=O)Cc1cccc(CNC(=O)c2cc(OCc3cccc(Cl)c3)ccc2Cl)c1. The first-order valence-electron chi connectivity index (χ1n) is 9.54. The Labute approximate surface area is 190 Å². The fourth-order valence-electron chi connectivity index (χ4n) is 2.93. The van der Waals surface area contributed by atoms with Crippen LogP contribution in [0.15, 0.2) is 66.7 Å². The third-order valence-corrected chi connectivity index (χ3v) is 5.06.